The Kier molecular flexibility index (Phi) is 5.28. The predicted molar refractivity (Wildman–Crippen MR) is 86.6 cm³/mol. The predicted octanol–water partition coefficient (Wildman–Crippen LogP) is 7.38. The van der Waals surface area contributed by atoms with Crippen LogP contribution >= 0.6 is 70.7 Å². The Morgan fingerprint density at radius 3 is 2.20 bits per heavy atom. The van der Waals surface area contributed by atoms with Gasteiger partial charge in [0.15, 0.2) is 0 Å². The highest BCUT2D eigenvalue weighted by Crippen LogP contribution is 2.44. The first-order valence-electron chi connectivity index (χ1n) is 5.15. The highest BCUT2D eigenvalue weighted by Gasteiger charge is 2.32. The van der Waals surface area contributed by atoms with Crippen LogP contribution in [0.2, 0.25) is 0 Å². The standard InChI is InChI=1S/C12H5Br3ClF3S/c13-8-2-1-5(12(17,18)19)3-6(8)10(16)7-4-9(14)20-11(7)15/h1-4,10H. The van der Waals surface area contributed by atoms with Gasteiger partial charge in [0.25, 0.3) is 0 Å². The molecule has 2 rings (SSSR count). The summed E-state index contributed by atoms with van der Waals surface area (Å²) in [6, 6.07) is 5.25. The molecule has 0 saturated heterocycles. The molecule has 108 valence electrons. The highest BCUT2D eigenvalue weighted by atomic mass is 79.9. The average Bonchev–Trinajstić information content (AvgIpc) is 2.66. The van der Waals surface area contributed by atoms with Crippen molar-refractivity contribution in [3.05, 3.63) is 53.0 Å². The molecular weight excluding hydrogens is 508 g/mol. The molecule has 1 aromatic heterocycles. The number of benzene rings is 1. The van der Waals surface area contributed by atoms with E-state index in [9.17, 15) is 13.2 Å². The molecule has 0 saturated carbocycles. The summed E-state index contributed by atoms with van der Waals surface area (Å²) in [4.78, 5) is 0. The van der Waals surface area contributed by atoms with Crippen molar-refractivity contribution >= 4 is 70.7 Å². The van der Waals surface area contributed by atoms with E-state index in [-0.39, 0.29) is 0 Å². The SMILES string of the molecule is FC(F)(F)c1ccc(Br)c(C(Cl)c2cc(Br)sc2Br)c1. The largest absolute Gasteiger partial charge is 0.416 e. The molecule has 0 fully saturated rings. The van der Waals surface area contributed by atoms with Crippen molar-refractivity contribution in [2.24, 2.45) is 0 Å². The van der Waals surface area contributed by atoms with E-state index in [1.165, 1.54) is 17.4 Å². The van der Waals surface area contributed by atoms with Crippen LogP contribution in [0, 0.1) is 0 Å². The molecule has 8 heteroatoms. The van der Waals surface area contributed by atoms with E-state index in [4.69, 9.17) is 11.6 Å². The lowest BCUT2D eigenvalue weighted by atomic mass is 10.0. The van der Waals surface area contributed by atoms with Crippen LogP contribution in [0.3, 0.4) is 0 Å². The van der Waals surface area contributed by atoms with E-state index in [1.54, 1.807) is 6.07 Å². The second-order valence-electron chi connectivity index (χ2n) is 3.88. The lowest BCUT2D eigenvalue weighted by molar-refractivity contribution is -0.137. The van der Waals surface area contributed by atoms with Crippen LogP contribution in [0.4, 0.5) is 13.2 Å². The van der Waals surface area contributed by atoms with Gasteiger partial charge in [0.05, 0.1) is 18.5 Å². The van der Waals surface area contributed by atoms with Crippen molar-refractivity contribution in [3.63, 3.8) is 0 Å². The van der Waals surface area contributed by atoms with Gasteiger partial charge in [-0.15, -0.1) is 22.9 Å². The minimum atomic E-state index is -4.39. The third-order valence-corrected chi connectivity index (χ3v) is 6.13. The van der Waals surface area contributed by atoms with Crippen LogP contribution in [0.1, 0.15) is 22.1 Å². The van der Waals surface area contributed by atoms with Gasteiger partial charge in [0.1, 0.15) is 0 Å². The second-order valence-corrected chi connectivity index (χ2v) is 8.92. The Hall–Kier alpha value is 0.440. The van der Waals surface area contributed by atoms with E-state index in [2.05, 4.69) is 47.8 Å². The fourth-order valence-corrected chi connectivity index (χ4v) is 5.67. The first-order chi connectivity index (χ1) is 9.20. The van der Waals surface area contributed by atoms with Gasteiger partial charge in [-0.05, 0) is 61.7 Å². The molecule has 20 heavy (non-hydrogen) atoms. The zero-order valence-corrected chi connectivity index (χ0v) is 15.8. The van der Waals surface area contributed by atoms with Crippen molar-refractivity contribution in [2.75, 3.05) is 0 Å². The Labute approximate surface area is 147 Å². The summed E-state index contributed by atoms with van der Waals surface area (Å²) in [5.41, 5.74) is 0.392. The molecule has 1 atom stereocenters. The minimum absolute atomic E-state index is 0.382. The molecule has 0 amide bonds. The molecule has 0 radical (unpaired) electrons. The zero-order valence-electron chi connectivity index (χ0n) is 9.44. The van der Waals surface area contributed by atoms with Crippen LogP contribution in [0.25, 0.3) is 0 Å². The molecule has 0 bridgehead atoms. The topological polar surface area (TPSA) is 0 Å². The lowest BCUT2D eigenvalue weighted by Gasteiger charge is -2.14. The third-order valence-electron chi connectivity index (χ3n) is 2.55. The monoisotopic (exact) mass is 510 g/mol. The van der Waals surface area contributed by atoms with Gasteiger partial charge in [-0.25, -0.2) is 0 Å². The van der Waals surface area contributed by atoms with Crippen molar-refractivity contribution in [1.82, 2.24) is 0 Å². The summed E-state index contributed by atoms with van der Waals surface area (Å²) in [7, 11) is 0. The number of alkyl halides is 4. The van der Waals surface area contributed by atoms with Crippen molar-refractivity contribution in [1.29, 1.82) is 0 Å². The van der Waals surface area contributed by atoms with E-state index >= 15 is 0 Å². The van der Waals surface area contributed by atoms with Crippen LogP contribution in [0.15, 0.2) is 36.3 Å². The quantitative estimate of drug-likeness (QED) is 0.368. The molecule has 1 aromatic carbocycles. The first-order valence-corrected chi connectivity index (χ1v) is 8.79. The maximum Gasteiger partial charge on any atom is 0.416 e. The van der Waals surface area contributed by atoms with Crippen molar-refractivity contribution < 1.29 is 13.2 Å². The summed E-state index contributed by atoms with van der Waals surface area (Å²) in [6.45, 7) is 0. The molecule has 0 aliphatic rings. The van der Waals surface area contributed by atoms with Crippen molar-refractivity contribution in [2.45, 2.75) is 11.6 Å². The summed E-state index contributed by atoms with van der Waals surface area (Å²) >= 11 is 17.7. The Balaban J connectivity index is 2.49. The average molecular weight is 513 g/mol. The van der Waals surface area contributed by atoms with E-state index in [0.717, 1.165) is 25.3 Å². The van der Waals surface area contributed by atoms with E-state index in [1.807, 2.05) is 0 Å². The van der Waals surface area contributed by atoms with E-state index < -0.39 is 17.1 Å². The third kappa shape index (κ3) is 3.61. The summed E-state index contributed by atoms with van der Waals surface area (Å²) in [5.74, 6) is 0. The Morgan fingerprint density at radius 1 is 1.05 bits per heavy atom. The molecular formula is C12H5Br3ClF3S. The van der Waals surface area contributed by atoms with E-state index in [0.29, 0.717) is 10.0 Å². The molecule has 0 nitrogen and oxygen atoms in total. The fraction of sp³-hybridized carbons (Fsp3) is 0.167. The maximum atomic E-state index is 12.8. The summed E-state index contributed by atoms with van der Waals surface area (Å²) in [6.07, 6.45) is -4.39. The second kappa shape index (κ2) is 6.28. The Morgan fingerprint density at radius 2 is 1.70 bits per heavy atom. The first kappa shape index (κ1) is 16.8. The minimum Gasteiger partial charge on any atom is -0.166 e. The normalized spacial score (nSPS) is 13.6. The van der Waals surface area contributed by atoms with Crippen LogP contribution in [-0.2, 0) is 6.18 Å². The number of halogens is 7. The number of rotatable bonds is 2. The summed E-state index contributed by atoms with van der Waals surface area (Å²) in [5, 5.41) is -0.677. The molecule has 0 spiro atoms. The Bertz CT molecular complexity index is 639. The zero-order chi connectivity index (χ0) is 15.1. The lowest BCUT2D eigenvalue weighted by Crippen LogP contribution is -2.06. The van der Waals surface area contributed by atoms with Crippen LogP contribution in [0.5, 0.6) is 0 Å². The number of thiophene rings is 1. The van der Waals surface area contributed by atoms with Crippen molar-refractivity contribution in [3.8, 4) is 0 Å². The van der Waals surface area contributed by atoms with Crippen LogP contribution < -0.4 is 0 Å². The van der Waals surface area contributed by atoms with Gasteiger partial charge in [0, 0.05) is 10.0 Å². The highest BCUT2D eigenvalue weighted by molar-refractivity contribution is 9.12. The maximum absolute atomic E-state index is 12.8. The van der Waals surface area contributed by atoms with Gasteiger partial charge in [0.2, 0.25) is 0 Å². The summed E-state index contributed by atoms with van der Waals surface area (Å²) < 4.78 is 40.5. The molecule has 0 aliphatic carbocycles. The van der Waals surface area contributed by atoms with Gasteiger partial charge in [-0.3, -0.25) is 0 Å². The molecule has 1 heterocycles. The molecule has 0 aliphatic heterocycles. The van der Waals surface area contributed by atoms with Gasteiger partial charge in [-0.1, -0.05) is 15.9 Å². The van der Waals surface area contributed by atoms with Crippen LogP contribution in [-0.4, -0.2) is 0 Å². The fourth-order valence-electron chi connectivity index (χ4n) is 1.61. The molecule has 2 aromatic rings. The van der Waals surface area contributed by atoms with Gasteiger partial charge >= 0.3 is 6.18 Å². The molecule has 0 N–H and O–H groups in total. The number of hydrogen-bond acceptors (Lipinski definition) is 1. The number of hydrogen-bond donors (Lipinski definition) is 0. The van der Waals surface area contributed by atoms with Gasteiger partial charge in [-0.2, -0.15) is 13.2 Å². The molecule has 1 unspecified atom stereocenters. The smallest absolute Gasteiger partial charge is 0.166 e. The van der Waals surface area contributed by atoms with Gasteiger partial charge < -0.3 is 0 Å².